The summed E-state index contributed by atoms with van der Waals surface area (Å²) in [5.74, 6) is 1.96. The Morgan fingerprint density at radius 2 is 1.84 bits per heavy atom. The molecule has 0 aliphatic carbocycles. The Morgan fingerprint density at radius 3 is 2.47 bits per heavy atom. The highest BCUT2D eigenvalue weighted by molar-refractivity contribution is 5.38. The summed E-state index contributed by atoms with van der Waals surface area (Å²) < 4.78 is 2.11. The third kappa shape index (κ3) is 4.73. The zero-order valence-electron chi connectivity index (χ0n) is 12.6. The third-order valence-corrected chi connectivity index (χ3v) is 3.46. The Labute approximate surface area is 117 Å². The lowest BCUT2D eigenvalue weighted by molar-refractivity contribution is 0.629. The van der Waals surface area contributed by atoms with Gasteiger partial charge in [-0.1, -0.05) is 45.6 Å². The normalized spacial score (nSPS) is 10.8. The standard InChI is InChI=1S/C16H29N3/c1-4-7-8-9-10-12-14-16(17)19(13-6-3)15(18-14)11-5-2/h6H,3-5,7-13,17H2,1-2H3. The van der Waals surface area contributed by atoms with Crippen LogP contribution in [0.1, 0.15) is 63.9 Å². The molecule has 0 unspecified atom stereocenters. The van der Waals surface area contributed by atoms with Crippen molar-refractivity contribution < 1.29 is 0 Å². The SMILES string of the molecule is C=CCn1c(CCC)nc(CCCCCCC)c1N. The molecule has 1 rings (SSSR count). The fraction of sp³-hybridized carbons (Fsp3) is 0.688. The molecule has 0 aliphatic heterocycles. The second-order valence-electron chi connectivity index (χ2n) is 5.17. The lowest BCUT2D eigenvalue weighted by Gasteiger charge is -2.06. The molecule has 0 amide bonds. The molecule has 0 saturated heterocycles. The third-order valence-electron chi connectivity index (χ3n) is 3.46. The number of hydrogen-bond donors (Lipinski definition) is 1. The highest BCUT2D eigenvalue weighted by atomic mass is 15.1. The Hall–Kier alpha value is -1.25. The van der Waals surface area contributed by atoms with Crippen LogP contribution in [0, 0.1) is 0 Å². The zero-order valence-corrected chi connectivity index (χ0v) is 12.6. The molecular formula is C16H29N3. The minimum atomic E-state index is 0.768. The monoisotopic (exact) mass is 263 g/mol. The maximum atomic E-state index is 6.21. The molecule has 1 aromatic heterocycles. The van der Waals surface area contributed by atoms with Gasteiger partial charge in [0.1, 0.15) is 11.6 Å². The van der Waals surface area contributed by atoms with E-state index in [0.29, 0.717) is 0 Å². The first-order chi connectivity index (χ1) is 9.24. The summed E-state index contributed by atoms with van der Waals surface area (Å²) in [6.45, 7) is 8.98. The number of allylic oxidation sites excluding steroid dienone is 1. The van der Waals surface area contributed by atoms with Gasteiger partial charge in [-0.25, -0.2) is 4.98 Å². The molecule has 0 aliphatic rings. The van der Waals surface area contributed by atoms with Crippen LogP contribution in [0.3, 0.4) is 0 Å². The Bertz CT molecular complexity index is 380. The molecule has 0 saturated carbocycles. The average molecular weight is 263 g/mol. The second kappa shape index (κ2) is 8.78. The van der Waals surface area contributed by atoms with Gasteiger partial charge in [-0.2, -0.15) is 0 Å². The summed E-state index contributed by atoms with van der Waals surface area (Å²) in [5, 5.41) is 0. The lowest BCUT2D eigenvalue weighted by atomic mass is 10.1. The van der Waals surface area contributed by atoms with E-state index in [2.05, 4.69) is 25.0 Å². The van der Waals surface area contributed by atoms with Gasteiger partial charge in [0.15, 0.2) is 0 Å². The number of nitrogen functional groups attached to an aromatic ring is 1. The number of hydrogen-bond acceptors (Lipinski definition) is 2. The molecule has 0 atom stereocenters. The number of unbranched alkanes of at least 4 members (excludes halogenated alkanes) is 4. The Balaban J connectivity index is 2.61. The van der Waals surface area contributed by atoms with Crippen molar-refractivity contribution in [2.24, 2.45) is 0 Å². The van der Waals surface area contributed by atoms with Crippen molar-refractivity contribution in [1.29, 1.82) is 0 Å². The zero-order chi connectivity index (χ0) is 14.1. The number of nitrogens with two attached hydrogens (primary N) is 1. The molecule has 0 aromatic carbocycles. The summed E-state index contributed by atoms with van der Waals surface area (Å²) in [7, 11) is 0. The number of aromatic nitrogens is 2. The van der Waals surface area contributed by atoms with E-state index in [1.165, 1.54) is 32.1 Å². The Kier molecular flexibility index (Phi) is 7.31. The fourth-order valence-electron chi connectivity index (χ4n) is 2.40. The molecule has 1 heterocycles. The van der Waals surface area contributed by atoms with Gasteiger partial charge < -0.3 is 10.3 Å². The number of nitrogens with zero attached hydrogens (tertiary/aromatic N) is 2. The average Bonchev–Trinajstić information content (AvgIpc) is 2.68. The molecule has 1 aromatic rings. The molecule has 19 heavy (non-hydrogen) atoms. The van der Waals surface area contributed by atoms with Crippen molar-refractivity contribution >= 4 is 5.82 Å². The molecule has 2 N–H and O–H groups in total. The number of aryl methyl sites for hydroxylation is 2. The molecule has 0 spiro atoms. The summed E-state index contributed by atoms with van der Waals surface area (Å²) in [5.41, 5.74) is 7.30. The van der Waals surface area contributed by atoms with E-state index < -0.39 is 0 Å². The summed E-state index contributed by atoms with van der Waals surface area (Å²) in [4.78, 5) is 4.73. The number of rotatable bonds is 10. The van der Waals surface area contributed by atoms with E-state index in [1.54, 1.807) is 0 Å². The summed E-state index contributed by atoms with van der Waals surface area (Å²) in [6.07, 6.45) is 11.4. The summed E-state index contributed by atoms with van der Waals surface area (Å²) >= 11 is 0. The van der Waals surface area contributed by atoms with Crippen LogP contribution in [0.15, 0.2) is 12.7 Å². The van der Waals surface area contributed by atoms with Gasteiger partial charge in [0.25, 0.3) is 0 Å². The van der Waals surface area contributed by atoms with Crippen LogP contribution >= 0.6 is 0 Å². The molecular weight excluding hydrogens is 234 g/mol. The maximum Gasteiger partial charge on any atom is 0.127 e. The van der Waals surface area contributed by atoms with Gasteiger partial charge in [0.05, 0.1) is 5.69 Å². The maximum absolute atomic E-state index is 6.21. The number of anilines is 1. The van der Waals surface area contributed by atoms with E-state index in [4.69, 9.17) is 10.7 Å². The Morgan fingerprint density at radius 1 is 1.11 bits per heavy atom. The van der Waals surface area contributed by atoms with Gasteiger partial charge in [0.2, 0.25) is 0 Å². The fourth-order valence-corrected chi connectivity index (χ4v) is 2.40. The van der Waals surface area contributed by atoms with Crippen LogP contribution in [0.2, 0.25) is 0 Å². The predicted molar refractivity (Wildman–Crippen MR) is 83.3 cm³/mol. The van der Waals surface area contributed by atoms with Crippen molar-refractivity contribution in [2.45, 2.75) is 71.8 Å². The van der Waals surface area contributed by atoms with Gasteiger partial charge >= 0.3 is 0 Å². The van der Waals surface area contributed by atoms with Crippen LogP contribution in [0.25, 0.3) is 0 Å². The van der Waals surface area contributed by atoms with Crippen molar-refractivity contribution in [2.75, 3.05) is 5.73 Å². The van der Waals surface area contributed by atoms with Crippen LogP contribution in [-0.2, 0) is 19.4 Å². The van der Waals surface area contributed by atoms with Crippen LogP contribution in [0.4, 0.5) is 5.82 Å². The molecule has 0 bridgehead atoms. The minimum absolute atomic E-state index is 0.768. The molecule has 3 nitrogen and oxygen atoms in total. The highest BCUT2D eigenvalue weighted by Crippen LogP contribution is 2.19. The quantitative estimate of drug-likeness (QED) is 0.510. The van der Waals surface area contributed by atoms with E-state index in [0.717, 1.165) is 43.1 Å². The first-order valence-electron chi connectivity index (χ1n) is 7.69. The molecule has 0 radical (unpaired) electrons. The van der Waals surface area contributed by atoms with Crippen molar-refractivity contribution in [3.8, 4) is 0 Å². The molecule has 3 heteroatoms. The van der Waals surface area contributed by atoms with Crippen molar-refractivity contribution in [3.63, 3.8) is 0 Å². The summed E-state index contributed by atoms with van der Waals surface area (Å²) in [6, 6.07) is 0. The molecule has 108 valence electrons. The van der Waals surface area contributed by atoms with Crippen LogP contribution in [-0.4, -0.2) is 9.55 Å². The first-order valence-corrected chi connectivity index (χ1v) is 7.69. The highest BCUT2D eigenvalue weighted by Gasteiger charge is 2.12. The van der Waals surface area contributed by atoms with Crippen LogP contribution < -0.4 is 5.73 Å². The predicted octanol–water partition coefficient (Wildman–Crippen LogP) is 4.12. The molecule has 0 fully saturated rings. The van der Waals surface area contributed by atoms with E-state index in [1.807, 2.05) is 6.08 Å². The van der Waals surface area contributed by atoms with Gasteiger partial charge in [-0.15, -0.1) is 6.58 Å². The van der Waals surface area contributed by atoms with E-state index in [9.17, 15) is 0 Å². The van der Waals surface area contributed by atoms with Gasteiger partial charge in [0, 0.05) is 13.0 Å². The smallest absolute Gasteiger partial charge is 0.127 e. The van der Waals surface area contributed by atoms with E-state index >= 15 is 0 Å². The van der Waals surface area contributed by atoms with Gasteiger partial charge in [-0.05, 0) is 19.3 Å². The number of imidazole rings is 1. The van der Waals surface area contributed by atoms with Crippen molar-refractivity contribution in [1.82, 2.24) is 9.55 Å². The first kappa shape index (κ1) is 15.8. The minimum Gasteiger partial charge on any atom is -0.384 e. The second-order valence-corrected chi connectivity index (χ2v) is 5.17. The topological polar surface area (TPSA) is 43.8 Å². The largest absolute Gasteiger partial charge is 0.384 e. The van der Waals surface area contributed by atoms with Crippen molar-refractivity contribution in [3.05, 3.63) is 24.2 Å². The lowest BCUT2D eigenvalue weighted by Crippen LogP contribution is -2.06. The van der Waals surface area contributed by atoms with E-state index in [-0.39, 0.29) is 0 Å². The van der Waals surface area contributed by atoms with Crippen LogP contribution in [0.5, 0.6) is 0 Å². The van der Waals surface area contributed by atoms with Gasteiger partial charge in [-0.3, -0.25) is 0 Å².